The van der Waals surface area contributed by atoms with Crippen molar-refractivity contribution in [3.63, 3.8) is 0 Å². The first kappa shape index (κ1) is 15.5. The fraction of sp³-hybridized carbons (Fsp3) is 0.133. The van der Waals surface area contributed by atoms with Crippen LogP contribution in [0.1, 0.15) is 15.9 Å². The van der Waals surface area contributed by atoms with Crippen LogP contribution in [-0.2, 0) is 20.3 Å². The molecule has 0 unspecified atom stereocenters. The molecule has 4 nitrogen and oxygen atoms in total. The van der Waals surface area contributed by atoms with Crippen molar-refractivity contribution < 1.29 is 17.9 Å². The molecule has 0 saturated heterocycles. The SMILES string of the molecule is COC(=O)c1ccc(CS(=O)(=O)c2ccc(Cl)cc2)cc1. The van der Waals surface area contributed by atoms with E-state index in [1.807, 2.05) is 0 Å². The molecule has 0 amide bonds. The summed E-state index contributed by atoms with van der Waals surface area (Å²) in [4.78, 5) is 11.5. The van der Waals surface area contributed by atoms with Crippen molar-refractivity contribution in [1.82, 2.24) is 0 Å². The van der Waals surface area contributed by atoms with Gasteiger partial charge in [0.2, 0.25) is 0 Å². The van der Waals surface area contributed by atoms with Gasteiger partial charge in [0, 0.05) is 5.02 Å². The number of carbonyl (C=O) groups is 1. The molecule has 2 aromatic carbocycles. The summed E-state index contributed by atoms with van der Waals surface area (Å²) in [6, 6.07) is 12.3. The molecule has 0 radical (unpaired) electrons. The molecule has 0 aromatic heterocycles. The summed E-state index contributed by atoms with van der Waals surface area (Å²) in [5.41, 5.74) is 0.975. The van der Waals surface area contributed by atoms with Gasteiger partial charge in [0.25, 0.3) is 0 Å². The third-order valence-electron chi connectivity index (χ3n) is 2.90. The highest BCUT2D eigenvalue weighted by atomic mass is 35.5. The largest absolute Gasteiger partial charge is 0.465 e. The van der Waals surface area contributed by atoms with Crippen molar-refractivity contribution in [2.75, 3.05) is 7.11 Å². The molecule has 0 aliphatic carbocycles. The van der Waals surface area contributed by atoms with E-state index in [1.54, 1.807) is 24.3 Å². The Balaban J connectivity index is 2.20. The van der Waals surface area contributed by atoms with Crippen LogP contribution < -0.4 is 0 Å². The monoisotopic (exact) mass is 324 g/mol. The zero-order valence-corrected chi connectivity index (χ0v) is 12.8. The summed E-state index contributed by atoms with van der Waals surface area (Å²) >= 11 is 5.74. The van der Waals surface area contributed by atoms with Gasteiger partial charge in [-0.05, 0) is 42.0 Å². The minimum absolute atomic E-state index is 0.143. The van der Waals surface area contributed by atoms with Crippen molar-refractivity contribution in [2.24, 2.45) is 0 Å². The molecule has 0 N–H and O–H groups in total. The van der Waals surface area contributed by atoms with Gasteiger partial charge < -0.3 is 4.74 Å². The number of hydrogen-bond acceptors (Lipinski definition) is 4. The molecular weight excluding hydrogens is 312 g/mol. The fourth-order valence-electron chi connectivity index (χ4n) is 1.80. The van der Waals surface area contributed by atoms with Crippen molar-refractivity contribution in [3.05, 3.63) is 64.7 Å². The lowest BCUT2D eigenvalue weighted by Crippen LogP contribution is -2.06. The molecule has 0 fully saturated rings. The smallest absolute Gasteiger partial charge is 0.337 e. The van der Waals surface area contributed by atoms with Gasteiger partial charge >= 0.3 is 5.97 Å². The molecule has 0 saturated carbocycles. The maximum absolute atomic E-state index is 12.3. The van der Waals surface area contributed by atoms with Crippen LogP contribution in [0.5, 0.6) is 0 Å². The number of sulfone groups is 1. The highest BCUT2D eigenvalue weighted by Crippen LogP contribution is 2.19. The summed E-state index contributed by atoms with van der Waals surface area (Å²) in [5, 5.41) is 0.483. The van der Waals surface area contributed by atoms with Gasteiger partial charge in [-0.25, -0.2) is 13.2 Å². The Labute approximate surface area is 128 Å². The van der Waals surface area contributed by atoms with Crippen LogP contribution in [0.4, 0.5) is 0 Å². The van der Waals surface area contributed by atoms with Crippen LogP contribution in [0.25, 0.3) is 0 Å². The molecule has 2 rings (SSSR count). The summed E-state index contributed by atoms with van der Waals surface area (Å²) in [5.74, 6) is -0.599. The van der Waals surface area contributed by atoms with Crippen LogP contribution in [0.3, 0.4) is 0 Å². The average Bonchev–Trinajstić information content (AvgIpc) is 2.47. The normalized spacial score (nSPS) is 11.1. The van der Waals surface area contributed by atoms with Crippen LogP contribution >= 0.6 is 11.6 Å². The Hall–Kier alpha value is -1.85. The van der Waals surface area contributed by atoms with Gasteiger partial charge in [-0.3, -0.25) is 0 Å². The lowest BCUT2D eigenvalue weighted by molar-refractivity contribution is 0.0600. The molecule has 0 aliphatic rings. The molecule has 6 heteroatoms. The second-order valence-corrected chi connectivity index (χ2v) is 6.83. The van der Waals surface area contributed by atoms with Crippen LogP contribution in [0.2, 0.25) is 5.02 Å². The first-order valence-electron chi connectivity index (χ1n) is 6.08. The van der Waals surface area contributed by atoms with Gasteiger partial charge in [-0.15, -0.1) is 0 Å². The maximum Gasteiger partial charge on any atom is 0.337 e. The van der Waals surface area contributed by atoms with Crippen molar-refractivity contribution in [2.45, 2.75) is 10.6 Å². The highest BCUT2D eigenvalue weighted by Gasteiger charge is 2.15. The average molecular weight is 325 g/mol. The number of halogens is 1. The number of carbonyl (C=O) groups excluding carboxylic acids is 1. The van der Waals surface area contributed by atoms with Crippen molar-refractivity contribution in [1.29, 1.82) is 0 Å². The lowest BCUT2D eigenvalue weighted by atomic mass is 10.1. The Morgan fingerprint density at radius 2 is 1.62 bits per heavy atom. The van der Waals surface area contributed by atoms with Crippen LogP contribution in [0.15, 0.2) is 53.4 Å². The van der Waals surface area contributed by atoms with Crippen LogP contribution in [-0.4, -0.2) is 21.5 Å². The first-order chi connectivity index (χ1) is 9.92. The quantitative estimate of drug-likeness (QED) is 0.811. The lowest BCUT2D eigenvalue weighted by Gasteiger charge is -2.06. The third kappa shape index (κ3) is 3.83. The number of rotatable bonds is 4. The second kappa shape index (κ2) is 6.28. The summed E-state index contributed by atoms with van der Waals surface area (Å²) in [7, 11) is -2.15. The topological polar surface area (TPSA) is 60.4 Å². The second-order valence-electron chi connectivity index (χ2n) is 4.40. The number of benzene rings is 2. The first-order valence-corrected chi connectivity index (χ1v) is 8.11. The Bertz CT molecular complexity index is 734. The zero-order chi connectivity index (χ0) is 15.5. The van der Waals surface area contributed by atoms with E-state index in [0.29, 0.717) is 16.1 Å². The molecule has 0 atom stereocenters. The van der Waals surface area contributed by atoms with E-state index in [2.05, 4.69) is 4.74 Å². The van der Waals surface area contributed by atoms with Gasteiger partial charge in [-0.1, -0.05) is 23.7 Å². The third-order valence-corrected chi connectivity index (χ3v) is 4.86. The molecule has 0 aliphatic heterocycles. The van der Waals surface area contributed by atoms with Gasteiger partial charge in [0.1, 0.15) is 0 Å². The van der Waals surface area contributed by atoms with Crippen molar-refractivity contribution in [3.8, 4) is 0 Å². The minimum Gasteiger partial charge on any atom is -0.465 e. The number of ether oxygens (including phenoxy) is 1. The van der Waals surface area contributed by atoms with Crippen LogP contribution in [0, 0.1) is 0 Å². The number of esters is 1. The Morgan fingerprint density at radius 1 is 1.05 bits per heavy atom. The predicted molar refractivity (Wildman–Crippen MR) is 80.1 cm³/mol. The van der Waals surface area contributed by atoms with E-state index >= 15 is 0 Å². The summed E-state index contributed by atoms with van der Waals surface area (Å²) in [6.45, 7) is 0. The molecular formula is C15H13ClO4S. The Kier molecular flexibility index (Phi) is 4.65. The van der Waals surface area contributed by atoms with E-state index < -0.39 is 15.8 Å². The van der Waals surface area contributed by atoms with Gasteiger partial charge in [0.05, 0.1) is 23.3 Å². The maximum atomic E-state index is 12.3. The standard InChI is InChI=1S/C15H13ClO4S/c1-20-15(17)12-4-2-11(3-5-12)10-21(18,19)14-8-6-13(16)7-9-14/h2-9H,10H2,1H3. The van der Waals surface area contributed by atoms with E-state index in [1.165, 1.54) is 31.4 Å². The van der Waals surface area contributed by atoms with E-state index in [0.717, 1.165) is 0 Å². The van der Waals surface area contributed by atoms with Crippen molar-refractivity contribution >= 4 is 27.4 Å². The summed E-state index contributed by atoms with van der Waals surface area (Å²) < 4.78 is 29.1. The molecule has 110 valence electrons. The Morgan fingerprint density at radius 3 is 2.14 bits per heavy atom. The molecule has 2 aromatic rings. The fourth-order valence-corrected chi connectivity index (χ4v) is 3.27. The molecule has 0 heterocycles. The van der Waals surface area contributed by atoms with E-state index in [9.17, 15) is 13.2 Å². The van der Waals surface area contributed by atoms with E-state index in [4.69, 9.17) is 11.6 Å². The molecule has 0 bridgehead atoms. The van der Waals surface area contributed by atoms with Gasteiger partial charge in [0.15, 0.2) is 9.84 Å². The number of methoxy groups -OCH3 is 1. The molecule has 21 heavy (non-hydrogen) atoms. The highest BCUT2D eigenvalue weighted by molar-refractivity contribution is 7.90. The minimum atomic E-state index is -3.44. The summed E-state index contributed by atoms with van der Waals surface area (Å²) in [6.07, 6.45) is 0. The van der Waals surface area contributed by atoms with Gasteiger partial charge in [-0.2, -0.15) is 0 Å². The molecule has 0 spiro atoms. The van der Waals surface area contributed by atoms with E-state index in [-0.39, 0.29) is 10.6 Å². The number of hydrogen-bond donors (Lipinski definition) is 0. The zero-order valence-electron chi connectivity index (χ0n) is 11.2. The predicted octanol–water partition coefficient (Wildman–Crippen LogP) is 3.10.